The van der Waals surface area contributed by atoms with Gasteiger partial charge in [-0.3, -0.25) is 0 Å². The van der Waals surface area contributed by atoms with E-state index in [1.54, 1.807) is 7.11 Å². The number of rotatable bonds is 7. The lowest BCUT2D eigenvalue weighted by molar-refractivity contribution is 0.185. The topological polar surface area (TPSA) is 26.2 Å². The first-order valence-corrected chi connectivity index (χ1v) is 9.57. The molecule has 4 rings (SSSR count). The van der Waals surface area contributed by atoms with Crippen LogP contribution in [0.25, 0.3) is 21.8 Å². The molecule has 0 saturated carbocycles. The van der Waals surface area contributed by atoms with Crippen LogP contribution >= 0.6 is 0 Å². The lowest BCUT2D eigenvalue weighted by Gasteiger charge is -2.07. The summed E-state index contributed by atoms with van der Waals surface area (Å²) in [5.41, 5.74) is 6.45. The van der Waals surface area contributed by atoms with E-state index in [2.05, 4.69) is 83.5 Å². The fourth-order valence-electron chi connectivity index (χ4n) is 3.82. The molecule has 3 heteroatoms. The van der Waals surface area contributed by atoms with E-state index in [-0.39, 0.29) is 0 Å². The number of para-hydroxylation sites is 1. The first kappa shape index (κ1) is 17.8. The van der Waals surface area contributed by atoms with Crippen LogP contribution in [0.5, 0.6) is 0 Å². The van der Waals surface area contributed by atoms with Crippen molar-refractivity contribution in [3.8, 4) is 0 Å². The normalized spacial score (nSPS) is 11.5. The molecule has 3 nitrogen and oxygen atoms in total. The molecule has 0 atom stereocenters. The molecule has 0 unspecified atom stereocenters. The van der Waals surface area contributed by atoms with Crippen molar-refractivity contribution in [2.45, 2.75) is 33.2 Å². The summed E-state index contributed by atoms with van der Waals surface area (Å²) in [4.78, 5) is 0. The van der Waals surface area contributed by atoms with E-state index in [1.807, 2.05) is 0 Å². The molecular formula is C24H26N2O. The molecule has 4 aromatic rings. The Kier molecular flexibility index (Phi) is 5.23. The Labute approximate surface area is 160 Å². The maximum atomic E-state index is 5.16. The molecule has 0 spiro atoms. The van der Waals surface area contributed by atoms with E-state index in [0.29, 0.717) is 6.61 Å². The Hall–Kier alpha value is -2.62. The molecule has 0 amide bonds. The van der Waals surface area contributed by atoms with Crippen LogP contribution in [0.15, 0.2) is 66.7 Å². The van der Waals surface area contributed by atoms with Gasteiger partial charge in [0.05, 0.1) is 6.61 Å². The van der Waals surface area contributed by atoms with Crippen molar-refractivity contribution >= 4 is 21.8 Å². The maximum absolute atomic E-state index is 5.16. The number of nitrogens with one attached hydrogen (secondary N) is 1. The predicted molar refractivity (Wildman–Crippen MR) is 113 cm³/mol. The first-order valence-electron chi connectivity index (χ1n) is 9.57. The first-order chi connectivity index (χ1) is 13.3. The number of methoxy groups -OCH3 is 1. The van der Waals surface area contributed by atoms with Gasteiger partial charge >= 0.3 is 0 Å². The minimum Gasteiger partial charge on any atom is -0.380 e. The Balaban J connectivity index is 1.50. The van der Waals surface area contributed by atoms with Crippen LogP contribution in [-0.4, -0.2) is 11.7 Å². The molecule has 0 fully saturated rings. The summed E-state index contributed by atoms with van der Waals surface area (Å²) in [6, 6.07) is 24.1. The van der Waals surface area contributed by atoms with E-state index < -0.39 is 0 Å². The zero-order valence-corrected chi connectivity index (χ0v) is 16.0. The zero-order chi connectivity index (χ0) is 18.6. The van der Waals surface area contributed by atoms with Gasteiger partial charge < -0.3 is 14.6 Å². The third-order valence-corrected chi connectivity index (χ3v) is 5.15. The van der Waals surface area contributed by atoms with E-state index >= 15 is 0 Å². The van der Waals surface area contributed by atoms with E-state index in [1.165, 1.54) is 38.5 Å². The fourth-order valence-corrected chi connectivity index (χ4v) is 3.82. The van der Waals surface area contributed by atoms with Gasteiger partial charge in [-0.1, -0.05) is 48.5 Å². The number of ether oxygens (including phenoxy) is 1. The highest BCUT2D eigenvalue weighted by molar-refractivity contribution is 6.08. The molecule has 1 aromatic heterocycles. The Bertz CT molecular complexity index is 1050. The quantitative estimate of drug-likeness (QED) is 0.488. The van der Waals surface area contributed by atoms with Crippen LogP contribution in [0, 0.1) is 0 Å². The Morgan fingerprint density at radius 1 is 0.778 bits per heavy atom. The Morgan fingerprint density at radius 2 is 1.44 bits per heavy atom. The number of aromatic nitrogens is 1. The van der Waals surface area contributed by atoms with Crippen LogP contribution in [0.3, 0.4) is 0 Å². The van der Waals surface area contributed by atoms with Gasteiger partial charge in [-0.05, 0) is 41.8 Å². The molecule has 1 heterocycles. The summed E-state index contributed by atoms with van der Waals surface area (Å²) in [5, 5.41) is 6.25. The summed E-state index contributed by atoms with van der Waals surface area (Å²) < 4.78 is 7.56. The van der Waals surface area contributed by atoms with Gasteiger partial charge in [-0.25, -0.2) is 0 Å². The van der Waals surface area contributed by atoms with Crippen LogP contribution in [0.4, 0.5) is 0 Å². The summed E-state index contributed by atoms with van der Waals surface area (Å²) in [5.74, 6) is 0. The average Bonchev–Trinajstić information content (AvgIpc) is 3.03. The second-order valence-electron chi connectivity index (χ2n) is 6.97. The maximum Gasteiger partial charge on any atom is 0.0713 e. The molecule has 0 saturated heterocycles. The highest BCUT2D eigenvalue weighted by Gasteiger charge is 2.09. The molecule has 1 N–H and O–H groups in total. The van der Waals surface area contributed by atoms with E-state index in [4.69, 9.17) is 4.74 Å². The highest BCUT2D eigenvalue weighted by atomic mass is 16.5. The average molecular weight is 358 g/mol. The monoisotopic (exact) mass is 358 g/mol. The third kappa shape index (κ3) is 3.61. The van der Waals surface area contributed by atoms with Crippen molar-refractivity contribution in [2.75, 3.05) is 7.11 Å². The minimum atomic E-state index is 0.666. The van der Waals surface area contributed by atoms with Crippen LogP contribution in [-0.2, 0) is 31.0 Å². The molecule has 0 aliphatic rings. The largest absolute Gasteiger partial charge is 0.380 e. The van der Waals surface area contributed by atoms with E-state index in [0.717, 1.165) is 19.6 Å². The number of nitrogens with zero attached hydrogens (tertiary/aromatic N) is 1. The smallest absolute Gasteiger partial charge is 0.0713 e. The van der Waals surface area contributed by atoms with Gasteiger partial charge in [0.1, 0.15) is 0 Å². The van der Waals surface area contributed by atoms with Gasteiger partial charge in [0, 0.05) is 48.5 Å². The summed E-state index contributed by atoms with van der Waals surface area (Å²) in [7, 11) is 1.73. The molecule has 0 aliphatic heterocycles. The fraction of sp³-hybridized carbons (Fsp3) is 0.250. The summed E-state index contributed by atoms with van der Waals surface area (Å²) >= 11 is 0. The Morgan fingerprint density at radius 3 is 2.22 bits per heavy atom. The lowest BCUT2D eigenvalue weighted by atomic mass is 10.1. The number of hydrogen-bond acceptors (Lipinski definition) is 2. The molecular weight excluding hydrogens is 332 g/mol. The van der Waals surface area contributed by atoms with Crippen LogP contribution in [0.2, 0.25) is 0 Å². The third-order valence-electron chi connectivity index (χ3n) is 5.15. The van der Waals surface area contributed by atoms with Crippen molar-refractivity contribution in [1.29, 1.82) is 0 Å². The van der Waals surface area contributed by atoms with Gasteiger partial charge in [0.2, 0.25) is 0 Å². The number of benzene rings is 3. The number of aryl methyl sites for hydroxylation is 1. The van der Waals surface area contributed by atoms with Gasteiger partial charge in [-0.2, -0.15) is 0 Å². The lowest BCUT2D eigenvalue weighted by Crippen LogP contribution is -2.12. The SMILES string of the molecule is CCn1c2ccccc2c2cc(CNCc3ccc(COC)cc3)ccc21. The van der Waals surface area contributed by atoms with Crippen molar-refractivity contribution in [3.63, 3.8) is 0 Å². The zero-order valence-electron chi connectivity index (χ0n) is 16.0. The van der Waals surface area contributed by atoms with Crippen molar-refractivity contribution in [2.24, 2.45) is 0 Å². The van der Waals surface area contributed by atoms with Crippen molar-refractivity contribution in [3.05, 3.63) is 83.4 Å². The summed E-state index contributed by atoms with van der Waals surface area (Å²) in [6.07, 6.45) is 0. The standard InChI is InChI=1S/C24H26N2O/c1-3-26-23-7-5-4-6-21(23)22-14-20(12-13-24(22)26)16-25-15-18-8-10-19(11-9-18)17-27-2/h4-14,25H,3,15-17H2,1-2H3. The molecule has 138 valence electrons. The molecule has 0 radical (unpaired) electrons. The van der Waals surface area contributed by atoms with Gasteiger partial charge in [0.15, 0.2) is 0 Å². The number of fused-ring (bicyclic) bond motifs is 3. The highest BCUT2D eigenvalue weighted by Crippen LogP contribution is 2.29. The molecule has 3 aromatic carbocycles. The van der Waals surface area contributed by atoms with Crippen LogP contribution in [0.1, 0.15) is 23.6 Å². The second kappa shape index (κ2) is 7.95. The molecule has 0 aliphatic carbocycles. The second-order valence-corrected chi connectivity index (χ2v) is 6.97. The summed E-state index contributed by atoms with van der Waals surface area (Å²) in [6.45, 7) is 5.59. The van der Waals surface area contributed by atoms with Crippen molar-refractivity contribution in [1.82, 2.24) is 9.88 Å². The van der Waals surface area contributed by atoms with E-state index in [9.17, 15) is 0 Å². The van der Waals surface area contributed by atoms with Crippen LogP contribution < -0.4 is 5.32 Å². The molecule has 27 heavy (non-hydrogen) atoms. The minimum absolute atomic E-state index is 0.666. The van der Waals surface area contributed by atoms with Crippen molar-refractivity contribution < 1.29 is 4.74 Å². The number of hydrogen-bond donors (Lipinski definition) is 1. The predicted octanol–water partition coefficient (Wildman–Crippen LogP) is 5.25. The van der Waals surface area contributed by atoms with Gasteiger partial charge in [-0.15, -0.1) is 0 Å². The molecule has 0 bridgehead atoms. The van der Waals surface area contributed by atoms with Gasteiger partial charge in [0.25, 0.3) is 0 Å².